The second-order valence-corrected chi connectivity index (χ2v) is 11.1. The molecular formula is C26H38O6S2. The van der Waals surface area contributed by atoms with Crippen molar-refractivity contribution in [3.8, 4) is 0 Å². The van der Waals surface area contributed by atoms with E-state index in [1.807, 2.05) is 24.3 Å². The summed E-state index contributed by atoms with van der Waals surface area (Å²) in [6.45, 7) is 2.65. The van der Waals surface area contributed by atoms with E-state index in [2.05, 4.69) is 13.0 Å². The smallest absolute Gasteiger partial charge is 0.313 e. The number of aliphatic carboxylic acids is 1. The molecule has 5 atom stereocenters. The molecule has 1 saturated carbocycles. The third kappa shape index (κ3) is 9.38. The van der Waals surface area contributed by atoms with Crippen LogP contribution in [0.5, 0.6) is 0 Å². The molecule has 0 aromatic heterocycles. The van der Waals surface area contributed by atoms with Crippen LogP contribution in [0.1, 0.15) is 56.1 Å². The molecule has 3 unspecified atom stereocenters. The minimum absolute atomic E-state index is 0.0367. The molecule has 2 rings (SSSR count). The van der Waals surface area contributed by atoms with Gasteiger partial charge in [0.2, 0.25) is 0 Å². The molecule has 1 aliphatic carbocycles. The molecular weight excluding hydrogens is 472 g/mol. The van der Waals surface area contributed by atoms with Gasteiger partial charge in [-0.1, -0.05) is 56.2 Å². The molecule has 34 heavy (non-hydrogen) atoms. The number of aliphatic hydroxyl groups is 2. The van der Waals surface area contributed by atoms with Crippen molar-refractivity contribution in [2.45, 2.75) is 69.0 Å². The number of unbranched alkanes of at least 4 members (excludes halogenated alkanes) is 1. The lowest BCUT2D eigenvalue weighted by Crippen LogP contribution is -2.23. The lowest BCUT2D eigenvalue weighted by Gasteiger charge is -2.23. The van der Waals surface area contributed by atoms with Crippen LogP contribution in [-0.4, -0.2) is 68.9 Å². The van der Waals surface area contributed by atoms with E-state index in [0.717, 1.165) is 48.3 Å². The normalized spacial score (nSPS) is 22.4. The van der Waals surface area contributed by atoms with Gasteiger partial charge in [-0.05, 0) is 35.5 Å². The number of thioether (sulfide) groups is 2. The van der Waals surface area contributed by atoms with E-state index in [9.17, 15) is 19.8 Å². The van der Waals surface area contributed by atoms with Crippen molar-refractivity contribution in [1.29, 1.82) is 0 Å². The monoisotopic (exact) mass is 510 g/mol. The number of benzene rings is 1. The summed E-state index contributed by atoms with van der Waals surface area (Å²) in [6, 6.07) is 8.11. The first-order valence-electron chi connectivity index (χ1n) is 11.9. The van der Waals surface area contributed by atoms with Crippen molar-refractivity contribution in [3.63, 3.8) is 0 Å². The third-order valence-electron chi connectivity index (χ3n) is 5.98. The molecule has 0 heterocycles. The maximum atomic E-state index is 12.5. The van der Waals surface area contributed by atoms with Crippen molar-refractivity contribution in [3.05, 3.63) is 47.5 Å². The molecule has 0 saturated heterocycles. The van der Waals surface area contributed by atoms with Crippen LogP contribution in [-0.2, 0) is 20.9 Å². The Hall–Kier alpha value is -1.32. The molecule has 3 N–H and O–H groups in total. The van der Waals surface area contributed by atoms with Crippen LogP contribution in [0.4, 0.5) is 0 Å². The summed E-state index contributed by atoms with van der Waals surface area (Å²) in [5.74, 6) is 0.359. The number of hydrogen-bond acceptors (Lipinski definition) is 7. The van der Waals surface area contributed by atoms with Gasteiger partial charge in [-0.3, -0.25) is 9.59 Å². The fraction of sp³-hybridized carbons (Fsp3) is 0.615. The fourth-order valence-corrected chi connectivity index (χ4v) is 6.45. The van der Waals surface area contributed by atoms with E-state index in [1.165, 1.54) is 23.5 Å². The molecule has 0 radical (unpaired) electrons. The first-order valence-corrected chi connectivity index (χ1v) is 14.1. The number of aliphatic hydroxyl groups excluding tert-OH is 2. The van der Waals surface area contributed by atoms with Crippen LogP contribution >= 0.6 is 23.5 Å². The zero-order valence-corrected chi connectivity index (χ0v) is 21.7. The van der Waals surface area contributed by atoms with Gasteiger partial charge in [0.15, 0.2) is 0 Å². The second kappa shape index (κ2) is 15.6. The van der Waals surface area contributed by atoms with Crippen LogP contribution in [0, 0.1) is 5.92 Å². The van der Waals surface area contributed by atoms with Gasteiger partial charge in [0.05, 0.1) is 29.8 Å². The van der Waals surface area contributed by atoms with Crippen molar-refractivity contribution in [1.82, 2.24) is 0 Å². The minimum atomic E-state index is -0.821. The number of Topliss-reactive ketones (excluding diaryl/α,β-unsaturated/α-hetero) is 1. The molecule has 0 spiro atoms. The largest absolute Gasteiger partial charge is 0.481 e. The molecule has 0 amide bonds. The predicted molar refractivity (Wildman–Crippen MR) is 140 cm³/mol. The van der Waals surface area contributed by atoms with Gasteiger partial charge in [0.1, 0.15) is 5.78 Å². The highest BCUT2D eigenvalue weighted by molar-refractivity contribution is 8.01. The number of rotatable bonds is 16. The fourth-order valence-electron chi connectivity index (χ4n) is 4.25. The quantitative estimate of drug-likeness (QED) is 0.224. The van der Waals surface area contributed by atoms with Crippen molar-refractivity contribution in [2.75, 3.05) is 24.4 Å². The van der Waals surface area contributed by atoms with E-state index < -0.39 is 18.2 Å². The van der Waals surface area contributed by atoms with E-state index >= 15 is 0 Å². The molecule has 8 heteroatoms. The average Bonchev–Trinajstić information content (AvgIpc) is 3.07. The zero-order chi connectivity index (χ0) is 24.9. The van der Waals surface area contributed by atoms with Crippen molar-refractivity contribution >= 4 is 35.3 Å². The Bertz CT molecular complexity index is 799. The van der Waals surface area contributed by atoms with Crippen LogP contribution in [0.3, 0.4) is 0 Å². The maximum Gasteiger partial charge on any atom is 0.313 e. The number of methoxy groups -OCH3 is 1. The molecule has 1 aromatic rings. The Labute approximate surface area is 211 Å². The van der Waals surface area contributed by atoms with Crippen LogP contribution in [0.2, 0.25) is 0 Å². The number of ether oxygens (including phenoxy) is 1. The van der Waals surface area contributed by atoms with Crippen LogP contribution < -0.4 is 0 Å². The summed E-state index contributed by atoms with van der Waals surface area (Å²) in [6.07, 6.45) is 5.93. The first-order chi connectivity index (χ1) is 16.4. The number of hydrogen-bond donors (Lipinski definition) is 3. The van der Waals surface area contributed by atoms with Crippen molar-refractivity contribution < 1.29 is 29.6 Å². The van der Waals surface area contributed by atoms with Gasteiger partial charge in [-0.25, -0.2) is 0 Å². The molecule has 6 nitrogen and oxygen atoms in total. The van der Waals surface area contributed by atoms with Gasteiger partial charge in [-0.2, -0.15) is 11.8 Å². The van der Waals surface area contributed by atoms with Crippen LogP contribution in [0.25, 0.3) is 0 Å². The lowest BCUT2D eigenvalue weighted by atomic mass is 9.87. The van der Waals surface area contributed by atoms with E-state index in [1.54, 1.807) is 13.2 Å². The third-order valence-corrected chi connectivity index (χ3v) is 8.47. The SMILES string of the molecule is CCCCC(c1cccc(COC)c1)C(O)/C=C/[C@H]1C(O)CC(=O)[C@@H]1SCCCSCC(=O)O. The number of ketones is 1. The van der Waals surface area contributed by atoms with Gasteiger partial charge in [0, 0.05) is 25.4 Å². The standard InChI is InChI=1S/C26H38O6S2/c1-3-4-9-20(19-8-5-7-18(14-19)16-32-2)22(27)11-10-21-23(28)15-24(29)26(21)34-13-6-12-33-17-25(30)31/h5,7-8,10-11,14,20-23,26-28H,3-4,6,9,12-13,15-17H2,1-2H3,(H,30,31)/b11-10+/t20?,21-,22?,23?,26+/m0/s1. The highest BCUT2D eigenvalue weighted by atomic mass is 32.2. The maximum absolute atomic E-state index is 12.5. The number of carboxylic acids is 1. The molecule has 1 aliphatic rings. The topological polar surface area (TPSA) is 104 Å². The van der Waals surface area contributed by atoms with E-state index in [-0.39, 0.29) is 35.0 Å². The highest BCUT2D eigenvalue weighted by Crippen LogP contribution is 2.35. The zero-order valence-electron chi connectivity index (χ0n) is 20.1. The molecule has 0 bridgehead atoms. The van der Waals surface area contributed by atoms with E-state index in [4.69, 9.17) is 9.84 Å². The summed E-state index contributed by atoms with van der Waals surface area (Å²) in [4.78, 5) is 23.1. The number of carboxylic acid groups (broad SMARTS) is 1. The van der Waals surface area contributed by atoms with E-state index in [0.29, 0.717) is 6.61 Å². The summed E-state index contributed by atoms with van der Waals surface area (Å²) in [5, 5.41) is 29.9. The first kappa shape index (κ1) is 28.9. The Kier molecular flexibility index (Phi) is 13.3. The number of carbonyl (C=O) groups is 2. The summed E-state index contributed by atoms with van der Waals surface area (Å²) < 4.78 is 5.25. The average molecular weight is 511 g/mol. The predicted octanol–water partition coefficient (Wildman–Crippen LogP) is 4.28. The molecule has 0 aliphatic heterocycles. The second-order valence-electron chi connectivity index (χ2n) is 8.71. The molecule has 190 valence electrons. The number of carbonyl (C=O) groups excluding carboxylic acids is 1. The summed E-state index contributed by atoms with van der Waals surface area (Å²) >= 11 is 2.89. The summed E-state index contributed by atoms with van der Waals surface area (Å²) in [7, 11) is 1.66. The Balaban J connectivity index is 2.03. The van der Waals surface area contributed by atoms with Crippen LogP contribution in [0.15, 0.2) is 36.4 Å². The minimum Gasteiger partial charge on any atom is -0.481 e. The Morgan fingerprint density at radius 1 is 1.29 bits per heavy atom. The highest BCUT2D eigenvalue weighted by Gasteiger charge is 2.40. The van der Waals surface area contributed by atoms with Gasteiger partial charge >= 0.3 is 5.97 Å². The molecule has 1 fully saturated rings. The molecule has 1 aromatic carbocycles. The summed E-state index contributed by atoms with van der Waals surface area (Å²) in [5.41, 5.74) is 2.13. The Morgan fingerprint density at radius 2 is 2.09 bits per heavy atom. The van der Waals surface area contributed by atoms with Gasteiger partial charge in [0.25, 0.3) is 0 Å². The van der Waals surface area contributed by atoms with Crippen molar-refractivity contribution in [2.24, 2.45) is 5.92 Å². The van der Waals surface area contributed by atoms with Gasteiger partial charge < -0.3 is 20.1 Å². The lowest BCUT2D eigenvalue weighted by molar-refractivity contribution is -0.133. The van der Waals surface area contributed by atoms with Gasteiger partial charge in [-0.15, -0.1) is 11.8 Å². The Morgan fingerprint density at radius 3 is 2.79 bits per heavy atom.